The fourth-order valence-corrected chi connectivity index (χ4v) is 4.63. The van der Waals surface area contributed by atoms with Crippen LogP contribution in [0.25, 0.3) is 22.4 Å². The standard InChI is InChI=1S/C22H21N3O5S2/c1-4-29-18-7-5-6-15-12-19(30-20(15)18)17-13-31-22(23-17)24-21(26)14-8-10-16(11-9-14)32(27,28)25(2)3/h5-13H,4H2,1-3H3,(H,23,24,26). The number of nitrogens with one attached hydrogen (secondary N) is 1. The fourth-order valence-electron chi connectivity index (χ4n) is 3.03. The van der Waals surface area contributed by atoms with Crippen LogP contribution < -0.4 is 10.1 Å². The van der Waals surface area contributed by atoms with Gasteiger partial charge in [-0.05, 0) is 43.3 Å². The number of carbonyl (C=O) groups is 1. The van der Waals surface area contributed by atoms with Crippen LogP contribution in [0.5, 0.6) is 5.75 Å². The van der Waals surface area contributed by atoms with Gasteiger partial charge in [-0.25, -0.2) is 17.7 Å². The Labute approximate surface area is 189 Å². The first-order valence-corrected chi connectivity index (χ1v) is 12.1. The third-order valence-corrected chi connectivity index (χ3v) is 7.27. The average Bonchev–Trinajstić information content (AvgIpc) is 3.41. The Hall–Kier alpha value is -3.21. The minimum atomic E-state index is -3.55. The Morgan fingerprint density at radius 1 is 1.19 bits per heavy atom. The molecule has 1 amide bonds. The molecule has 10 heteroatoms. The van der Waals surface area contributed by atoms with Gasteiger partial charge in [0, 0.05) is 30.4 Å². The van der Waals surface area contributed by atoms with Crippen molar-refractivity contribution in [2.75, 3.05) is 26.0 Å². The van der Waals surface area contributed by atoms with Gasteiger partial charge in [0.05, 0.1) is 11.5 Å². The summed E-state index contributed by atoms with van der Waals surface area (Å²) in [4.78, 5) is 17.1. The van der Waals surface area contributed by atoms with Gasteiger partial charge in [0.2, 0.25) is 10.0 Å². The highest BCUT2D eigenvalue weighted by Crippen LogP contribution is 2.34. The highest BCUT2D eigenvalue weighted by atomic mass is 32.2. The van der Waals surface area contributed by atoms with Crippen LogP contribution in [0.3, 0.4) is 0 Å². The summed E-state index contributed by atoms with van der Waals surface area (Å²) in [5.74, 6) is 0.852. The smallest absolute Gasteiger partial charge is 0.257 e. The number of rotatable bonds is 7. The first kappa shape index (κ1) is 22.0. The van der Waals surface area contributed by atoms with Gasteiger partial charge in [-0.15, -0.1) is 11.3 Å². The summed E-state index contributed by atoms with van der Waals surface area (Å²) in [5.41, 5.74) is 1.57. The van der Waals surface area contributed by atoms with Gasteiger partial charge in [-0.1, -0.05) is 12.1 Å². The van der Waals surface area contributed by atoms with E-state index in [1.807, 2.05) is 31.2 Å². The van der Waals surface area contributed by atoms with Crippen molar-refractivity contribution in [1.82, 2.24) is 9.29 Å². The predicted octanol–water partition coefficient (Wildman–Crippen LogP) is 4.46. The first-order valence-electron chi connectivity index (χ1n) is 9.75. The highest BCUT2D eigenvalue weighted by molar-refractivity contribution is 7.89. The number of carbonyl (C=O) groups excluding carboxylic acids is 1. The number of anilines is 1. The monoisotopic (exact) mass is 471 g/mol. The van der Waals surface area contributed by atoms with E-state index in [0.717, 1.165) is 9.69 Å². The molecular weight excluding hydrogens is 450 g/mol. The van der Waals surface area contributed by atoms with Crippen molar-refractivity contribution in [3.8, 4) is 17.2 Å². The van der Waals surface area contributed by atoms with Gasteiger partial charge in [0.15, 0.2) is 22.2 Å². The van der Waals surface area contributed by atoms with Crippen molar-refractivity contribution in [3.63, 3.8) is 0 Å². The van der Waals surface area contributed by atoms with Gasteiger partial charge in [0.25, 0.3) is 5.91 Å². The summed E-state index contributed by atoms with van der Waals surface area (Å²) in [6.07, 6.45) is 0. The van der Waals surface area contributed by atoms with Crippen LogP contribution >= 0.6 is 11.3 Å². The normalized spacial score (nSPS) is 11.8. The molecule has 0 saturated carbocycles. The summed E-state index contributed by atoms with van der Waals surface area (Å²) >= 11 is 1.27. The summed E-state index contributed by atoms with van der Waals surface area (Å²) < 4.78 is 37.0. The molecule has 4 aromatic rings. The van der Waals surface area contributed by atoms with Crippen LogP contribution in [-0.4, -0.2) is 44.3 Å². The van der Waals surface area contributed by atoms with E-state index in [1.165, 1.54) is 49.7 Å². The Bertz CT molecular complexity index is 1370. The highest BCUT2D eigenvalue weighted by Gasteiger charge is 2.18. The number of ether oxygens (including phenoxy) is 1. The van der Waals surface area contributed by atoms with Gasteiger partial charge in [0.1, 0.15) is 5.69 Å². The van der Waals surface area contributed by atoms with Crippen molar-refractivity contribution in [1.29, 1.82) is 0 Å². The second-order valence-electron chi connectivity index (χ2n) is 7.02. The van der Waals surface area contributed by atoms with Crippen molar-refractivity contribution < 1.29 is 22.4 Å². The third kappa shape index (κ3) is 4.24. The maximum Gasteiger partial charge on any atom is 0.257 e. The van der Waals surface area contributed by atoms with Gasteiger partial charge < -0.3 is 9.15 Å². The molecule has 0 aliphatic carbocycles. The van der Waals surface area contributed by atoms with Gasteiger partial charge >= 0.3 is 0 Å². The molecule has 1 N–H and O–H groups in total. The van der Waals surface area contributed by atoms with E-state index in [0.29, 0.717) is 40.1 Å². The lowest BCUT2D eigenvalue weighted by Crippen LogP contribution is -2.22. The van der Waals surface area contributed by atoms with Crippen LogP contribution in [0.2, 0.25) is 0 Å². The summed E-state index contributed by atoms with van der Waals surface area (Å²) in [6.45, 7) is 2.44. The van der Waals surface area contributed by atoms with Crippen LogP contribution in [0.1, 0.15) is 17.3 Å². The lowest BCUT2D eigenvalue weighted by atomic mass is 10.2. The average molecular weight is 472 g/mol. The maximum atomic E-state index is 12.6. The largest absolute Gasteiger partial charge is 0.490 e. The molecular formula is C22H21N3O5S2. The molecule has 2 heterocycles. The summed E-state index contributed by atoms with van der Waals surface area (Å²) in [5, 5.41) is 5.83. The summed E-state index contributed by atoms with van der Waals surface area (Å²) in [6, 6.07) is 13.3. The van der Waals surface area contributed by atoms with E-state index in [-0.39, 0.29) is 10.8 Å². The molecule has 0 aliphatic heterocycles. The molecule has 0 atom stereocenters. The minimum absolute atomic E-state index is 0.117. The minimum Gasteiger partial charge on any atom is -0.490 e. The molecule has 2 aromatic carbocycles. The molecule has 0 fully saturated rings. The van der Waals surface area contributed by atoms with E-state index in [4.69, 9.17) is 9.15 Å². The number of nitrogens with zero attached hydrogens (tertiary/aromatic N) is 2. The number of fused-ring (bicyclic) bond motifs is 1. The molecule has 0 aliphatic rings. The molecule has 4 rings (SSSR count). The van der Waals surface area contributed by atoms with Gasteiger partial charge in [-0.3, -0.25) is 10.1 Å². The number of hydrogen-bond donors (Lipinski definition) is 1. The van der Waals surface area contributed by atoms with E-state index >= 15 is 0 Å². The summed E-state index contributed by atoms with van der Waals surface area (Å²) in [7, 11) is -0.644. The zero-order chi connectivity index (χ0) is 22.9. The van der Waals surface area contributed by atoms with Gasteiger partial charge in [-0.2, -0.15) is 0 Å². The molecule has 0 unspecified atom stereocenters. The van der Waals surface area contributed by atoms with E-state index in [1.54, 1.807) is 5.38 Å². The molecule has 2 aromatic heterocycles. The lowest BCUT2D eigenvalue weighted by Gasteiger charge is -2.11. The van der Waals surface area contributed by atoms with Crippen molar-refractivity contribution >= 4 is 43.4 Å². The van der Waals surface area contributed by atoms with Crippen molar-refractivity contribution in [2.24, 2.45) is 0 Å². The van der Waals surface area contributed by atoms with Crippen LogP contribution in [-0.2, 0) is 10.0 Å². The second-order valence-corrected chi connectivity index (χ2v) is 10.0. The fraction of sp³-hybridized carbons (Fsp3) is 0.182. The molecule has 8 nitrogen and oxygen atoms in total. The number of aromatic nitrogens is 1. The number of sulfonamides is 1. The molecule has 0 bridgehead atoms. The van der Waals surface area contributed by atoms with Crippen LogP contribution in [0, 0.1) is 0 Å². The third-order valence-electron chi connectivity index (χ3n) is 4.68. The van der Waals surface area contributed by atoms with Crippen LogP contribution in [0.15, 0.2) is 63.2 Å². The molecule has 0 radical (unpaired) electrons. The van der Waals surface area contributed by atoms with Crippen molar-refractivity contribution in [3.05, 3.63) is 59.5 Å². The molecule has 0 saturated heterocycles. The number of hydrogen-bond acceptors (Lipinski definition) is 7. The first-order chi connectivity index (χ1) is 15.3. The van der Waals surface area contributed by atoms with E-state index in [2.05, 4.69) is 10.3 Å². The number of amides is 1. The van der Waals surface area contributed by atoms with Crippen LogP contribution in [0.4, 0.5) is 5.13 Å². The molecule has 166 valence electrons. The van der Waals surface area contributed by atoms with E-state index in [9.17, 15) is 13.2 Å². The SMILES string of the molecule is CCOc1cccc2cc(-c3csc(NC(=O)c4ccc(S(=O)(=O)N(C)C)cc4)n3)oc12. The predicted molar refractivity (Wildman–Crippen MR) is 124 cm³/mol. The Balaban J connectivity index is 1.52. The zero-order valence-corrected chi connectivity index (χ0v) is 19.3. The maximum absolute atomic E-state index is 12.6. The number of thiazole rings is 1. The van der Waals surface area contributed by atoms with Crippen molar-refractivity contribution in [2.45, 2.75) is 11.8 Å². The lowest BCUT2D eigenvalue weighted by molar-refractivity contribution is 0.102. The molecule has 32 heavy (non-hydrogen) atoms. The quantitative estimate of drug-likeness (QED) is 0.427. The number of para-hydroxylation sites is 1. The Morgan fingerprint density at radius 3 is 2.62 bits per heavy atom. The van der Waals surface area contributed by atoms with E-state index < -0.39 is 10.0 Å². The Morgan fingerprint density at radius 2 is 1.94 bits per heavy atom. The number of furan rings is 1. The molecule has 0 spiro atoms. The topological polar surface area (TPSA) is 102 Å². The zero-order valence-electron chi connectivity index (χ0n) is 17.7. The Kier molecular flexibility index (Phi) is 6.00. The second kappa shape index (κ2) is 8.73. The number of benzene rings is 2.